The van der Waals surface area contributed by atoms with Crippen molar-refractivity contribution in [2.75, 3.05) is 7.11 Å². The van der Waals surface area contributed by atoms with E-state index >= 15 is 0 Å². The van der Waals surface area contributed by atoms with E-state index in [4.69, 9.17) is 13.7 Å². The van der Waals surface area contributed by atoms with Gasteiger partial charge >= 0.3 is 0 Å². The predicted molar refractivity (Wildman–Crippen MR) is 92.2 cm³/mol. The molecule has 4 aromatic rings. The Balaban J connectivity index is 1.72. The van der Waals surface area contributed by atoms with Crippen LogP contribution in [0.25, 0.3) is 22.2 Å². The van der Waals surface area contributed by atoms with Gasteiger partial charge in [0.15, 0.2) is 0 Å². The van der Waals surface area contributed by atoms with Gasteiger partial charge in [0, 0.05) is 22.9 Å². The first kappa shape index (κ1) is 14.6. The normalized spacial score (nSPS) is 11.1. The van der Waals surface area contributed by atoms with E-state index in [1.807, 2.05) is 61.5 Å². The van der Waals surface area contributed by atoms with E-state index < -0.39 is 0 Å². The van der Waals surface area contributed by atoms with Crippen LogP contribution in [-0.2, 0) is 6.42 Å². The first-order valence-electron chi connectivity index (χ1n) is 7.81. The molecule has 2 aromatic heterocycles. The maximum Gasteiger partial charge on any atom is 0.137 e. The summed E-state index contributed by atoms with van der Waals surface area (Å²) in [7, 11) is 1.66. The molecule has 4 nitrogen and oxygen atoms in total. The van der Waals surface area contributed by atoms with Crippen LogP contribution in [0.5, 0.6) is 5.75 Å². The molecule has 2 aromatic carbocycles. The minimum atomic E-state index is 0.635. The highest BCUT2D eigenvalue weighted by Crippen LogP contribution is 2.30. The van der Waals surface area contributed by atoms with Gasteiger partial charge in [-0.3, -0.25) is 0 Å². The second kappa shape index (κ2) is 5.89. The molecule has 0 atom stereocenters. The van der Waals surface area contributed by atoms with Crippen molar-refractivity contribution in [1.82, 2.24) is 5.16 Å². The van der Waals surface area contributed by atoms with Crippen LogP contribution in [0.15, 0.2) is 63.5 Å². The lowest BCUT2D eigenvalue weighted by Gasteiger charge is -2.00. The van der Waals surface area contributed by atoms with Crippen LogP contribution in [0, 0.1) is 6.92 Å². The number of hydrogen-bond acceptors (Lipinski definition) is 4. The van der Waals surface area contributed by atoms with Crippen LogP contribution in [0.2, 0.25) is 0 Å². The lowest BCUT2D eigenvalue weighted by atomic mass is 10.0. The summed E-state index contributed by atoms with van der Waals surface area (Å²) < 4.78 is 16.6. The first-order valence-corrected chi connectivity index (χ1v) is 7.81. The number of ether oxygens (including phenoxy) is 1. The van der Waals surface area contributed by atoms with Crippen LogP contribution < -0.4 is 4.74 Å². The Morgan fingerprint density at radius 3 is 2.67 bits per heavy atom. The van der Waals surface area contributed by atoms with Gasteiger partial charge in [-0.25, -0.2) is 0 Å². The summed E-state index contributed by atoms with van der Waals surface area (Å²) in [5, 5.41) is 5.25. The van der Waals surface area contributed by atoms with Crippen LogP contribution in [0.1, 0.15) is 17.1 Å². The van der Waals surface area contributed by atoms with Crippen molar-refractivity contribution in [3.63, 3.8) is 0 Å². The van der Waals surface area contributed by atoms with Crippen molar-refractivity contribution < 1.29 is 13.7 Å². The smallest absolute Gasteiger partial charge is 0.137 e. The van der Waals surface area contributed by atoms with Gasteiger partial charge in [0.05, 0.1) is 7.11 Å². The van der Waals surface area contributed by atoms with Gasteiger partial charge in [-0.15, -0.1) is 0 Å². The summed E-state index contributed by atoms with van der Waals surface area (Å²) >= 11 is 0. The summed E-state index contributed by atoms with van der Waals surface area (Å²) in [6.07, 6.45) is 0.635. The van der Waals surface area contributed by atoms with Crippen LogP contribution in [0.4, 0.5) is 0 Å². The first-order chi connectivity index (χ1) is 11.7. The maximum atomic E-state index is 5.96. The standard InChI is InChI=1S/C20H17NO3/c1-13-18(20(21-24-13)14-6-4-3-5-7-14)12-17-11-15-10-16(22-2)8-9-19(15)23-17/h3-11H,12H2,1-2H3. The summed E-state index contributed by atoms with van der Waals surface area (Å²) in [6, 6.07) is 17.9. The molecule has 0 amide bonds. The molecule has 0 unspecified atom stereocenters. The molecule has 4 rings (SSSR count). The number of methoxy groups -OCH3 is 1. The zero-order chi connectivity index (χ0) is 16.5. The molecular weight excluding hydrogens is 302 g/mol. The molecular formula is C20H17NO3. The zero-order valence-corrected chi connectivity index (χ0v) is 13.6. The number of fused-ring (bicyclic) bond motifs is 1. The molecule has 0 N–H and O–H groups in total. The van der Waals surface area contributed by atoms with E-state index in [-0.39, 0.29) is 0 Å². The second-order valence-electron chi connectivity index (χ2n) is 5.73. The quantitative estimate of drug-likeness (QED) is 0.531. The molecule has 0 aliphatic carbocycles. The Labute approximate surface area is 139 Å². The Morgan fingerprint density at radius 2 is 1.88 bits per heavy atom. The molecule has 0 spiro atoms. The van der Waals surface area contributed by atoms with Gasteiger partial charge in [0.1, 0.15) is 28.5 Å². The lowest BCUT2D eigenvalue weighted by molar-refractivity contribution is 0.398. The van der Waals surface area contributed by atoms with Gasteiger partial charge in [-0.1, -0.05) is 35.5 Å². The van der Waals surface area contributed by atoms with Crippen molar-refractivity contribution >= 4 is 11.0 Å². The molecule has 4 heteroatoms. The van der Waals surface area contributed by atoms with Crippen molar-refractivity contribution in [3.8, 4) is 17.0 Å². The third-order valence-electron chi connectivity index (χ3n) is 4.16. The molecule has 24 heavy (non-hydrogen) atoms. The Bertz CT molecular complexity index is 983. The summed E-state index contributed by atoms with van der Waals surface area (Å²) in [6.45, 7) is 1.93. The van der Waals surface area contributed by atoms with Crippen LogP contribution in [-0.4, -0.2) is 12.3 Å². The molecule has 0 fully saturated rings. The van der Waals surface area contributed by atoms with Gasteiger partial charge in [0.25, 0.3) is 0 Å². The maximum absolute atomic E-state index is 5.96. The zero-order valence-electron chi connectivity index (χ0n) is 13.6. The largest absolute Gasteiger partial charge is 0.497 e. The summed E-state index contributed by atoms with van der Waals surface area (Å²) in [5.41, 5.74) is 3.81. The highest BCUT2D eigenvalue weighted by Gasteiger charge is 2.17. The average molecular weight is 319 g/mol. The molecule has 0 bridgehead atoms. The van der Waals surface area contributed by atoms with Gasteiger partial charge < -0.3 is 13.7 Å². The number of hydrogen-bond donors (Lipinski definition) is 0. The number of aryl methyl sites for hydroxylation is 1. The summed E-state index contributed by atoms with van der Waals surface area (Å²) in [4.78, 5) is 0. The van der Waals surface area contributed by atoms with Crippen molar-refractivity contribution in [1.29, 1.82) is 0 Å². The minimum Gasteiger partial charge on any atom is -0.497 e. The van der Waals surface area contributed by atoms with Crippen molar-refractivity contribution in [2.24, 2.45) is 0 Å². The molecule has 120 valence electrons. The third-order valence-corrected chi connectivity index (χ3v) is 4.16. The lowest BCUT2D eigenvalue weighted by Crippen LogP contribution is -1.90. The van der Waals surface area contributed by atoms with Crippen molar-refractivity contribution in [2.45, 2.75) is 13.3 Å². The monoisotopic (exact) mass is 319 g/mol. The van der Waals surface area contributed by atoms with Gasteiger partial charge in [0.2, 0.25) is 0 Å². The van der Waals surface area contributed by atoms with E-state index in [9.17, 15) is 0 Å². The average Bonchev–Trinajstić information content (AvgIpc) is 3.18. The van der Waals surface area contributed by atoms with E-state index in [1.54, 1.807) is 7.11 Å². The Hall–Kier alpha value is -3.01. The fourth-order valence-corrected chi connectivity index (χ4v) is 2.89. The highest BCUT2D eigenvalue weighted by molar-refractivity contribution is 5.79. The molecule has 0 aliphatic rings. The Morgan fingerprint density at radius 1 is 1.04 bits per heavy atom. The van der Waals surface area contributed by atoms with Gasteiger partial charge in [-0.2, -0.15) is 0 Å². The van der Waals surface area contributed by atoms with Crippen LogP contribution in [0.3, 0.4) is 0 Å². The number of furan rings is 1. The fourth-order valence-electron chi connectivity index (χ4n) is 2.89. The van der Waals surface area contributed by atoms with E-state index in [0.29, 0.717) is 6.42 Å². The van der Waals surface area contributed by atoms with Gasteiger partial charge in [-0.05, 0) is 31.2 Å². The van der Waals surface area contributed by atoms with E-state index in [1.165, 1.54) is 0 Å². The number of nitrogens with zero attached hydrogens (tertiary/aromatic N) is 1. The SMILES string of the molecule is COc1ccc2oc(Cc3c(-c4ccccc4)noc3C)cc2c1. The molecule has 0 aliphatic heterocycles. The number of rotatable bonds is 4. The second-order valence-corrected chi connectivity index (χ2v) is 5.73. The molecule has 0 saturated carbocycles. The summed E-state index contributed by atoms with van der Waals surface area (Å²) in [5.74, 6) is 2.51. The topological polar surface area (TPSA) is 48.4 Å². The third kappa shape index (κ3) is 2.56. The van der Waals surface area contributed by atoms with E-state index in [0.717, 1.165) is 45.1 Å². The van der Waals surface area contributed by atoms with Crippen LogP contribution >= 0.6 is 0 Å². The molecule has 2 heterocycles. The fraction of sp³-hybridized carbons (Fsp3) is 0.150. The Kier molecular flexibility index (Phi) is 3.58. The minimum absolute atomic E-state index is 0.635. The predicted octanol–water partition coefficient (Wildman–Crippen LogP) is 5.00. The molecule has 0 saturated heterocycles. The van der Waals surface area contributed by atoms with Crippen molar-refractivity contribution in [3.05, 3.63) is 71.7 Å². The number of aromatic nitrogens is 1. The highest BCUT2D eigenvalue weighted by atomic mass is 16.5. The number of benzene rings is 2. The van der Waals surface area contributed by atoms with E-state index in [2.05, 4.69) is 5.16 Å². The molecule has 0 radical (unpaired) electrons.